The Hall–Kier alpha value is -1.18. The van der Waals surface area contributed by atoms with Crippen molar-refractivity contribution in [1.82, 2.24) is 0 Å². The van der Waals surface area contributed by atoms with Gasteiger partial charge in [0.2, 0.25) is 0 Å². The predicted octanol–water partition coefficient (Wildman–Crippen LogP) is 8.84. The summed E-state index contributed by atoms with van der Waals surface area (Å²) in [5, 5.41) is 10.4. The van der Waals surface area contributed by atoms with Crippen molar-refractivity contribution >= 4 is 0 Å². The second kappa shape index (κ2) is 11.6. The number of hydrogen-bond acceptors (Lipinski definition) is 2. The van der Waals surface area contributed by atoms with Gasteiger partial charge in [0.15, 0.2) is 0 Å². The Labute approximate surface area is 193 Å². The Balaban J connectivity index is 1.74. The Bertz CT molecular complexity index is 705. The van der Waals surface area contributed by atoms with E-state index in [2.05, 4.69) is 41.5 Å². The minimum absolute atomic E-state index is 0.0712. The van der Waals surface area contributed by atoms with Gasteiger partial charge >= 0.3 is 0 Å². The molecule has 0 radical (unpaired) electrons. The largest absolute Gasteiger partial charge is 0.507 e. The molecule has 0 aliphatic carbocycles. The Morgan fingerprint density at radius 2 is 1.35 bits per heavy atom. The minimum atomic E-state index is -0.0712. The molecule has 0 aromatic heterocycles. The summed E-state index contributed by atoms with van der Waals surface area (Å²) >= 11 is 0. The van der Waals surface area contributed by atoms with Crippen molar-refractivity contribution < 1.29 is 9.84 Å². The molecule has 0 bridgehead atoms. The molecule has 3 atom stereocenters. The van der Waals surface area contributed by atoms with E-state index in [9.17, 15) is 5.11 Å². The number of phenolic OH excluding ortho intramolecular Hbond substituents is 1. The molecular weight excluding hydrogens is 380 g/mol. The number of hydrogen-bond donors (Lipinski definition) is 1. The van der Waals surface area contributed by atoms with Crippen molar-refractivity contribution in [2.75, 3.05) is 0 Å². The molecule has 1 aromatic rings. The van der Waals surface area contributed by atoms with Crippen LogP contribution >= 0.6 is 0 Å². The van der Waals surface area contributed by atoms with E-state index in [-0.39, 0.29) is 5.60 Å². The van der Waals surface area contributed by atoms with Gasteiger partial charge in [-0.05, 0) is 87.8 Å². The van der Waals surface area contributed by atoms with Crippen LogP contribution in [0.5, 0.6) is 11.5 Å². The normalized spacial score (nSPS) is 20.4. The quantitative estimate of drug-likeness (QED) is 0.359. The molecule has 0 fully saturated rings. The fourth-order valence-electron chi connectivity index (χ4n) is 5.27. The van der Waals surface area contributed by atoms with Crippen LogP contribution in [0.15, 0.2) is 0 Å². The summed E-state index contributed by atoms with van der Waals surface area (Å²) in [6.07, 6.45) is 14.1. The molecule has 178 valence electrons. The lowest BCUT2D eigenvalue weighted by atomic mass is 9.84. The highest BCUT2D eigenvalue weighted by molar-refractivity contribution is 5.58. The predicted molar refractivity (Wildman–Crippen MR) is 134 cm³/mol. The summed E-state index contributed by atoms with van der Waals surface area (Å²) in [6, 6.07) is 0. The van der Waals surface area contributed by atoms with Gasteiger partial charge in [-0.3, -0.25) is 0 Å². The first kappa shape index (κ1) is 26.1. The summed E-state index contributed by atoms with van der Waals surface area (Å²) in [6.45, 7) is 17.9. The summed E-state index contributed by atoms with van der Waals surface area (Å²) in [5.74, 6) is 4.04. The van der Waals surface area contributed by atoms with E-state index in [1.807, 2.05) is 13.8 Å². The van der Waals surface area contributed by atoms with Crippen LogP contribution < -0.4 is 4.74 Å². The molecule has 2 heteroatoms. The van der Waals surface area contributed by atoms with E-state index in [1.54, 1.807) is 0 Å². The van der Waals surface area contributed by atoms with Gasteiger partial charge in [-0.25, -0.2) is 0 Å². The summed E-state index contributed by atoms with van der Waals surface area (Å²) < 4.78 is 6.60. The minimum Gasteiger partial charge on any atom is -0.507 e. The summed E-state index contributed by atoms with van der Waals surface area (Å²) in [7, 11) is 0. The Kier molecular flexibility index (Phi) is 9.77. The Morgan fingerprint density at radius 1 is 0.806 bits per heavy atom. The first-order valence-corrected chi connectivity index (χ1v) is 13.0. The van der Waals surface area contributed by atoms with Crippen LogP contribution in [0.1, 0.15) is 121 Å². The fraction of sp³-hybridized carbons (Fsp3) is 0.793. The van der Waals surface area contributed by atoms with E-state index in [0.29, 0.717) is 5.75 Å². The summed E-state index contributed by atoms with van der Waals surface area (Å²) in [5.41, 5.74) is 4.23. The van der Waals surface area contributed by atoms with Crippen LogP contribution in [0.25, 0.3) is 0 Å². The third-order valence-corrected chi connectivity index (χ3v) is 7.87. The van der Waals surface area contributed by atoms with Gasteiger partial charge in [0.05, 0.1) is 0 Å². The maximum atomic E-state index is 10.4. The number of benzene rings is 1. The van der Waals surface area contributed by atoms with Gasteiger partial charge in [-0.15, -0.1) is 0 Å². The molecule has 1 N–H and O–H groups in total. The number of rotatable bonds is 12. The molecule has 0 spiro atoms. The highest BCUT2D eigenvalue weighted by atomic mass is 16.5. The van der Waals surface area contributed by atoms with E-state index in [4.69, 9.17) is 4.74 Å². The highest BCUT2D eigenvalue weighted by Gasteiger charge is 2.34. The molecule has 1 heterocycles. The lowest BCUT2D eigenvalue weighted by molar-refractivity contribution is 0.0512. The molecule has 0 amide bonds. The lowest BCUT2D eigenvalue weighted by Crippen LogP contribution is -2.37. The molecule has 1 aliphatic heterocycles. The van der Waals surface area contributed by atoms with Crippen molar-refractivity contribution in [2.24, 2.45) is 17.8 Å². The zero-order valence-electron chi connectivity index (χ0n) is 21.9. The molecule has 31 heavy (non-hydrogen) atoms. The van der Waals surface area contributed by atoms with Crippen LogP contribution in [-0.2, 0) is 6.42 Å². The molecule has 2 nitrogen and oxygen atoms in total. The van der Waals surface area contributed by atoms with Crippen LogP contribution in [0.3, 0.4) is 0 Å². The summed E-state index contributed by atoms with van der Waals surface area (Å²) in [4.78, 5) is 0. The van der Waals surface area contributed by atoms with Gasteiger partial charge in [0.25, 0.3) is 0 Å². The van der Waals surface area contributed by atoms with Crippen LogP contribution in [0.4, 0.5) is 0 Å². The highest BCUT2D eigenvalue weighted by Crippen LogP contribution is 2.44. The average molecular weight is 431 g/mol. The van der Waals surface area contributed by atoms with E-state index < -0.39 is 0 Å². The van der Waals surface area contributed by atoms with E-state index >= 15 is 0 Å². The van der Waals surface area contributed by atoms with Crippen LogP contribution in [0.2, 0.25) is 0 Å². The third kappa shape index (κ3) is 7.43. The van der Waals surface area contributed by atoms with Crippen LogP contribution in [-0.4, -0.2) is 10.7 Å². The monoisotopic (exact) mass is 430 g/mol. The number of ether oxygens (including phenoxy) is 1. The van der Waals surface area contributed by atoms with Gasteiger partial charge < -0.3 is 9.84 Å². The van der Waals surface area contributed by atoms with E-state index in [0.717, 1.165) is 59.5 Å². The van der Waals surface area contributed by atoms with Crippen molar-refractivity contribution in [3.8, 4) is 11.5 Å². The topological polar surface area (TPSA) is 29.5 Å². The van der Waals surface area contributed by atoms with Gasteiger partial charge in [0.1, 0.15) is 17.1 Å². The zero-order valence-corrected chi connectivity index (χ0v) is 21.9. The number of fused-ring (bicyclic) bond motifs is 1. The lowest BCUT2D eigenvalue weighted by Gasteiger charge is -2.38. The molecule has 0 saturated heterocycles. The second-order valence-corrected chi connectivity index (χ2v) is 11.4. The van der Waals surface area contributed by atoms with E-state index in [1.165, 1.54) is 56.9 Å². The van der Waals surface area contributed by atoms with Crippen LogP contribution in [0, 0.1) is 38.5 Å². The second-order valence-electron chi connectivity index (χ2n) is 11.4. The van der Waals surface area contributed by atoms with Gasteiger partial charge in [-0.2, -0.15) is 0 Å². The standard InChI is InChI=1S/C29H50O2/c1-20(2)12-9-13-21(3)14-10-15-22(4)16-11-18-29(8)19-17-26-25(7)27(30)23(5)24(6)28(26)31-29/h20-22,30H,9-19H2,1-8H3/t21?,22-,29?/m1/s1. The maximum Gasteiger partial charge on any atom is 0.127 e. The zero-order chi connectivity index (χ0) is 23.2. The average Bonchev–Trinajstić information content (AvgIpc) is 2.70. The molecular formula is C29H50O2. The molecule has 0 saturated carbocycles. The molecule has 1 aromatic carbocycles. The van der Waals surface area contributed by atoms with Crippen molar-refractivity contribution in [2.45, 2.75) is 132 Å². The van der Waals surface area contributed by atoms with Gasteiger partial charge in [-0.1, -0.05) is 72.6 Å². The van der Waals surface area contributed by atoms with Crippen molar-refractivity contribution in [3.63, 3.8) is 0 Å². The molecule has 2 rings (SSSR count). The fourth-order valence-corrected chi connectivity index (χ4v) is 5.27. The first-order valence-electron chi connectivity index (χ1n) is 13.0. The number of aromatic hydroxyl groups is 1. The van der Waals surface area contributed by atoms with Crippen molar-refractivity contribution in [3.05, 3.63) is 22.3 Å². The number of phenols is 1. The van der Waals surface area contributed by atoms with Gasteiger partial charge in [0, 0.05) is 5.56 Å². The molecule has 1 aliphatic rings. The smallest absolute Gasteiger partial charge is 0.127 e. The Morgan fingerprint density at radius 3 is 1.94 bits per heavy atom. The maximum absolute atomic E-state index is 10.4. The SMILES string of the molecule is Cc1c(C)c2c(c(C)c1O)CCC(C)(CCC[C@H](C)CCCC(C)CCCC(C)C)O2. The van der Waals surface area contributed by atoms with Crippen molar-refractivity contribution in [1.29, 1.82) is 0 Å². The third-order valence-electron chi connectivity index (χ3n) is 7.87. The molecule has 2 unspecified atom stereocenters. The first-order chi connectivity index (χ1) is 14.5.